The topological polar surface area (TPSA) is 92.5 Å². The standard InChI is InChI=1S/C13H18N2O4S/c1-9(8-13(2,14-3)12(16)17)20-11-7-5-4-6-10(11)15(18)19/h4-7,9,14H,8H2,1-3H3,(H,16,17). The lowest BCUT2D eigenvalue weighted by atomic mass is 9.96. The minimum Gasteiger partial charge on any atom is -0.480 e. The van der Waals surface area contributed by atoms with Crippen LogP contribution >= 0.6 is 11.8 Å². The molecule has 0 radical (unpaired) electrons. The monoisotopic (exact) mass is 298 g/mol. The molecule has 110 valence electrons. The molecule has 0 bridgehead atoms. The Labute approximate surface area is 121 Å². The maximum Gasteiger partial charge on any atom is 0.323 e. The molecule has 0 amide bonds. The number of hydrogen-bond donors (Lipinski definition) is 2. The van der Waals surface area contributed by atoms with Gasteiger partial charge in [-0.1, -0.05) is 19.1 Å². The summed E-state index contributed by atoms with van der Waals surface area (Å²) < 4.78 is 0. The van der Waals surface area contributed by atoms with Gasteiger partial charge in [0.05, 0.1) is 9.82 Å². The van der Waals surface area contributed by atoms with Crippen LogP contribution in [0.15, 0.2) is 29.2 Å². The van der Waals surface area contributed by atoms with Crippen molar-refractivity contribution in [2.24, 2.45) is 0 Å². The first-order valence-electron chi connectivity index (χ1n) is 6.12. The number of benzene rings is 1. The van der Waals surface area contributed by atoms with Crippen LogP contribution in [-0.2, 0) is 4.79 Å². The normalized spacial score (nSPS) is 15.3. The predicted octanol–water partition coefficient (Wildman–Crippen LogP) is 2.53. The first-order valence-corrected chi connectivity index (χ1v) is 7.00. The largest absolute Gasteiger partial charge is 0.480 e. The molecule has 0 aliphatic heterocycles. The third-order valence-electron chi connectivity index (χ3n) is 3.11. The van der Waals surface area contributed by atoms with Crippen LogP contribution in [0.1, 0.15) is 20.3 Å². The first-order chi connectivity index (χ1) is 9.30. The summed E-state index contributed by atoms with van der Waals surface area (Å²) in [4.78, 5) is 22.3. The van der Waals surface area contributed by atoms with Gasteiger partial charge in [-0.15, -0.1) is 11.8 Å². The van der Waals surface area contributed by atoms with E-state index in [1.54, 1.807) is 32.2 Å². The number of para-hydroxylation sites is 1. The van der Waals surface area contributed by atoms with Gasteiger partial charge in [0.15, 0.2) is 0 Å². The van der Waals surface area contributed by atoms with Crippen LogP contribution in [-0.4, -0.2) is 33.8 Å². The smallest absolute Gasteiger partial charge is 0.323 e. The van der Waals surface area contributed by atoms with Crippen molar-refractivity contribution < 1.29 is 14.8 Å². The Morgan fingerprint density at radius 3 is 2.65 bits per heavy atom. The van der Waals surface area contributed by atoms with Crippen LogP contribution in [0.2, 0.25) is 0 Å². The molecule has 0 saturated heterocycles. The Morgan fingerprint density at radius 2 is 2.15 bits per heavy atom. The molecule has 1 rings (SSSR count). The van der Waals surface area contributed by atoms with E-state index in [1.807, 2.05) is 6.92 Å². The van der Waals surface area contributed by atoms with Gasteiger partial charge in [0, 0.05) is 11.3 Å². The Bertz CT molecular complexity index is 509. The number of nitrogens with one attached hydrogen (secondary N) is 1. The van der Waals surface area contributed by atoms with Crippen molar-refractivity contribution in [2.45, 2.75) is 36.0 Å². The van der Waals surface area contributed by atoms with E-state index < -0.39 is 16.4 Å². The molecule has 0 spiro atoms. The van der Waals surface area contributed by atoms with E-state index >= 15 is 0 Å². The molecular weight excluding hydrogens is 280 g/mol. The maximum atomic E-state index is 11.2. The molecule has 20 heavy (non-hydrogen) atoms. The summed E-state index contributed by atoms with van der Waals surface area (Å²) in [6.07, 6.45) is 0.357. The van der Waals surface area contributed by atoms with E-state index in [9.17, 15) is 20.0 Å². The fourth-order valence-electron chi connectivity index (χ4n) is 1.84. The number of likely N-dealkylation sites (N-methyl/N-ethyl adjacent to an activating group) is 1. The van der Waals surface area contributed by atoms with E-state index in [0.29, 0.717) is 11.3 Å². The van der Waals surface area contributed by atoms with Crippen molar-refractivity contribution in [1.29, 1.82) is 0 Å². The van der Waals surface area contributed by atoms with Crippen LogP contribution in [0, 0.1) is 10.1 Å². The summed E-state index contributed by atoms with van der Waals surface area (Å²) in [7, 11) is 1.59. The minimum atomic E-state index is -1.05. The third-order valence-corrected chi connectivity index (χ3v) is 4.28. The average molecular weight is 298 g/mol. The molecule has 0 aliphatic carbocycles. The Morgan fingerprint density at radius 1 is 1.55 bits per heavy atom. The van der Waals surface area contributed by atoms with E-state index in [0.717, 1.165) is 0 Å². The molecule has 2 unspecified atom stereocenters. The molecule has 0 saturated carbocycles. The van der Waals surface area contributed by atoms with E-state index in [1.165, 1.54) is 17.8 Å². The van der Waals surface area contributed by atoms with Crippen molar-refractivity contribution in [3.63, 3.8) is 0 Å². The lowest BCUT2D eigenvalue weighted by Gasteiger charge is -2.27. The van der Waals surface area contributed by atoms with E-state index in [2.05, 4.69) is 5.32 Å². The second-order valence-corrected chi connectivity index (χ2v) is 6.22. The van der Waals surface area contributed by atoms with Crippen molar-refractivity contribution in [1.82, 2.24) is 5.32 Å². The van der Waals surface area contributed by atoms with Gasteiger partial charge >= 0.3 is 5.97 Å². The number of carboxylic acids is 1. The number of nitrogens with zero attached hydrogens (tertiary/aromatic N) is 1. The van der Waals surface area contributed by atoms with Crippen LogP contribution in [0.5, 0.6) is 0 Å². The molecule has 7 heteroatoms. The number of carbonyl (C=O) groups is 1. The average Bonchev–Trinajstić information content (AvgIpc) is 2.38. The second kappa shape index (κ2) is 6.71. The van der Waals surface area contributed by atoms with Gasteiger partial charge in [-0.3, -0.25) is 14.9 Å². The Balaban J connectivity index is 2.84. The Hall–Kier alpha value is -1.60. The lowest BCUT2D eigenvalue weighted by Crippen LogP contribution is -2.49. The molecule has 0 fully saturated rings. The summed E-state index contributed by atoms with van der Waals surface area (Å²) in [5.41, 5.74) is -0.999. The molecular formula is C13H18N2O4S. The van der Waals surface area contributed by atoms with Crippen LogP contribution in [0.25, 0.3) is 0 Å². The second-order valence-electron chi connectivity index (χ2n) is 4.74. The highest BCUT2D eigenvalue weighted by atomic mass is 32.2. The fourth-order valence-corrected chi connectivity index (χ4v) is 3.11. The van der Waals surface area contributed by atoms with Gasteiger partial charge in [-0.05, 0) is 26.5 Å². The van der Waals surface area contributed by atoms with Gasteiger partial charge < -0.3 is 10.4 Å². The van der Waals surface area contributed by atoms with Gasteiger partial charge in [0.2, 0.25) is 0 Å². The van der Waals surface area contributed by atoms with Gasteiger partial charge in [-0.2, -0.15) is 0 Å². The molecule has 0 aromatic heterocycles. The number of aliphatic carboxylic acids is 1. The summed E-state index contributed by atoms with van der Waals surface area (Å²) in [5, 5.41) is 22.9. The molecule has 2 atom stereocenters. The zero-order valence-electron chi connectivity index (χ0n) is 11.6. The van der Waals surface area contributed by atoms with Gasteiger partial charge in [-0.25, -0.2) is 0 Å². The molecule has 1 aromatic rings. The minimum absolute atomic E-state index is 0.0471. The van der Waals surface area contributed by atoms with E-state index in [-0.39, 0.29) is 10.9 Å². The highest BCUT2D eigenvalue weighted by Gasteiger charge is 2.33. The van der Waals surface area contributed by atoms with Crippen molar-refractivity contribution >= 4 is 23.4 Å². The number of rotatable bonds is 7. The van der Waals surface area contributed by atoms with Gasteiger partial charge in [0.25, 0.3) is 5.69 Å². The molecule has 0 aliphatic rings. The molecule has 6 nitrogen and oxygen atoms in total. The first kappa shape index (κ1) is 16.5. The molecule has 2 N–H and O–H groups in total. The number of nitro benzene ring substituents is 1. The maximum absolute atomic E-state index is 11.2. The molecule has 1 aromatic carbocycles. The highest BCUT2D eigenvalue weighted by molar-refractivity contribution is 8.00. The zero-order valence-corrected chi connectivity index (χ0v) is 12.4. The van der Waals surface area contributed by atoms with Crippen molar-refractivity contribution in [3.8, 4) is 0 Å². The number of carboxylic acid groups (broad SMARTS) is 1. The van der Waals surface area contributed by atoms with E-state index in [4.69, 9.17) is 0 Å². The highest BCUT2D eigenvalue weighted by Crippen LogP contribution is 2.34. The fraction of sp³-hybridized carbons (Fsp3) is 0.462. The third kappa shape index (κ3) is 3.94. The summed E-state index contributed by atoms with van der Waals surface area (Å²) >= 11 is 1.31. The quantitative estimate of drug-likeness (QED) is 0.456. The molecule has 0 heterocycles. The Kier molecular flexibility index (Phi) is 5.52. The van der Waals surface area contributed by atoms with Crippen molar-refractivity contribution in [2.75, 3.05) is 7.05 Å². The summed E-state index contributed by atoms with van der Waals surface area (Å²) in [6.45, 7) is 3.46. The summed E-state index contributed by atoms with van der Waals surface area (Å²) in [6, 6.07) is 6.47. The SMILES string of the molecule is CNC(C)(CC(C)Sc1ccccc1[N+](=O)[O-])C(=O)O. The lowest BCUT2D eigenvalue weighted by molar-refractivity contribution is -0.387. The summed E-state index contributed by atoms with van der Waals surface area (Å²) in [5.74, 6) is -0.935. The number of thioether (sulfide) groups is 1. The number of nitro groups is 1. The van der Waals surface area contributed by atoms with Crippen LogP contribution in [0.3, 0.4) is 0 Å². The van der Waals surface area contributed by atoms with Gasteiger partial charge in [0.1, 0.15) is 5.54 Å². The number of hydrogen-bond acceptors (Lipinski definition) is 5. The van der Waals surface area contributed by atoms with Crippen molar-refractivity contribution in [3.05, 3.63) is 34.4 Å². The predicted molar refractivity (Wildman–Crippen MR) is 78.1 cm³/mol. The van der Waals surface area contributed by atoms with Crippen LogP contribution < -0.4 is 5.32 Å². The zero-order chi connectivity index (χ0) is 15.3. The van der Waals surface area contributed by atoms with Crippen LogP contribution in [0.4, 0.5) is 5.69 Å².